The van der Waals surface area contributed by atoms with Crippen LogP contribution >= 0.6 is 0 Å². The lowest BCUT2D eigenvalue weighted by molar-refractivity contribution is -0.188. The first-order chi connectivity index (χ1) is 12.4. The summed E-state index contributed by atoms with van der Waals surface area (Å²) in [5.41, 5.74) is -0.459. The Morgan fingerprint density at radius 2 is 1.78 bits per heavy atom. The smallest absolute Gasteiger partial charge is 0.416 e. The summed E-state index contributed by atoms with van der Waals surface area (Å²) in [6, 6.07) is 4.59. The molecule has 1 aliphatic heterocycles. The number of carboxylic acid groups (broad SMARTS) is 1. The van der Waals surface area contributed by atoms with Gasteiger partial charge in [0.15, 0.2) is 0 Å². The summed E-state index contributed by atoms with van der Waals surface area (Å²) in [6.45, 7) is -1.25. The third kappa shape index (κ3) is 5.36. The minimum atomic E-state index is -4.73. The van der Waals surface area contributed by atoms with E-state index in [0.717, 1.165) is 17.0 Å². The molecule has 0 saturated carbocycles. The highest BCUT2D eigenvalue weighted by atomic mass is 19.4. The van der Waals surface area contributed by atoms with Gasteiger partial charge in [0, 0.05) is 19.5 Å². The Kier molecular flexibility index (Phi) is 6.06. The predicted molar refractivity (Wildman–Crippen MR) is 81.6 cm³/mol. The Balaban J connectivity index is 1.92. The normalized spacial score (nSPS) is 20.7. The highest BCUT2D eigenvalue weighted by molar-refractivity contribution is 5.79. The van der Waals surface area contributed by atoms with Gasteiger partial charge in [-0.15, -0.1) is 0 Å². The number of aliphatic carboxylic acids is 1. The summed E-state index contributed by atoms with van der Waals surface area (Å²) in [5.74, 6) is -6.09. The maximum atomic E-state index is 12.9. The van der Waals surface area contributed by atoms with Crippen molar-refractivity contribution >= 4 is 11.9 Å². The Morgan fingerprint density at radius 3 is 2.30 bits per heavy atom. The van der Waals surface area contributed by atoms with E-state index in [0.29, 0.717) is 5.56 Å². The molecule has 1 heterocycles. The van der Waals surface area contributed by atoms with Gasteiger partial charge in [-0.1, -0.05) is 18.2 Å². The summed E-state index contributed by atoms with van der Waals surface area (Å²) >= 11 is 0. The van der Waals surface area contributed by atoms with E-state index in [9.17, 15) is 35.9 Å². The zero-order chi connectivity index (χ0) is 20.4. The van der Waals surface area contributed by atoms with Gasteiger partial charge in [-0.05, 0) is 24.5 Å². The SMILES string of the molecule is O=C(O)[C@@H]1CN(C(=O)CCCc2cccc(C(F)(F)F)c2)C[C@H]1C(F)(F)F. The van der Waals surface area contributed by atoms with Gasteiger partial charge in [-0.25, -0.2) is 0 Å². The van der Waals surface area contributed by atoms with Gasteiger partial charge in [-0.2, -0.15) is 26.3 Å². The number of alkyl halides is 6. The molecule has 1 aromatic carbocycles. The first kappa shape index (κ1) is 21.0. The van der Waals surface area contributed by atoms with Crippen molar-refractivity contribution in [2.24, 2.45) is 11.8 Å². The molecule has 27 heavy (non-hydrogen) atoms. The molecule has 1 N–H and O–H groups in total. The van der Waals surface area contributed by atoms with Crippen LogP contribution in [0.1, 0.15) is 24.0 Å². The maximum absolute atomic E-state index is 12.9. The molecule has 0 aliphatic carbocycles. The molecule has 0 bridgehead atoms. The summed E-state index contributed by atoms with van der Waals surface area (Å²) in [6.07, 6.45) is -9.09. The number of likely N-dealkylation sites (tertiary alicyclic amines) is 1. The number of halogens is 6. The molecule has 0 radical (unpaired) electrons. The van der Waals surface area contributed by atoms with E-state index in [4.69, 9.17) is 5.11 Å². The van der Waals surface area contributed by atoms with Crippen LogP contribution in [-0.4, -0.2) is 41.1 Å². The molecule has 2 rings (SSSR count). The van der Waals surface area contributed by atoms with Crippen LogP contribution in [-0.2, 0) is 22.2 Å². The molecule has 1 fully saturated rings. The summed E-state index contributed by atoms with van der Waals surface area (Å²) in [4.78, 5) is 24.0. The van der Waals surface area contributed by atoms with Crippen LogP contribution in [0.5, 0.6) is 0 Å². The lowest BCUT2D eigenvalue weighted by Crippen LogP contribution is -2.34. The molecular formula is C17H17F6NO3. The van der Waals surface area contributed by atoms with Crippen LogP contribution in [0.2, 0.25) is 0 Å². The highest BCUT2D eigenvalue weighted by Gasteiger charge is 2.53. The number of rotatable bonds is 5. The predicted octanol–water partition coefficient (Wildman–Crippen LogP) is 3.75. The fourth-order valence-electron chi connectivity index (χ4n) is 3.09. The fourth-order valence-corrected chi connectivity index (χ4v) is 3.09. The Bertz CT molecular complexity index is 701. The Labute approximate surface area is 150 Å². The van der Waals surface area contributed by atoms with Crippen molar-refractivity contribution in [3.05, 3.63) is 35.4 Å². The third-order valence-electron chi connectivity index (χ3n) is 4.52. The molecule has 1 aliphatic rings. The summed E-state index contributed by atoms with van der Waals surface area (Å²) < 4.78 is 76.7. The van der Waals surface area contributed by atoms with Gasteiger partial charge in [-0.3, -0.25) is 9.59 Å². The standard InChI is InChI=1S/C17H17F6NO3/c18-16(19,20)11-5-1-3-10(7-11)4-2-6-14(25)24-8-12(15(26)27)13(9-24)17(21,22)23/h1,3,5,7,12-13H,2,4,6,8-9H2,(H,26,27)/t12-,13-/m1/s1. The number of carbonyl (C=O) groups excluding carboxylic acids is 1. The molecule has 1 saturated heterocycles. The molecule has 4 nitrogen and oxygen atoms in total. The van der Waals surface area contributed by atoms with Gasteiger partial charge < -0.3 is 10.0 Å². The van der Waals surface area contributed by atoms with Crippen LogP contribution in [0.25, 0.3) is 0 Å². The van der Waals surface area contributed by atoms with Crippen LogP contribution in [0.3, 0.4) is 0 Å². The average molecular weight is 397 g/mol. The molecule has 1 aromatic rings. The number of hydrogen-bond acceptors (Lipinski definition) is 2. The second-order valence-corrected chi connectivity index (χ2v) is 6.44. The van der Waals surface area contributed by atoms with Crippen LogP contribution in [0, 0.1) is 11.8 Å². The average Bonchev–Trinajstić information content (AvgIpc) is 3.00. The summed E-state index contributed by atoms with van der Waals surface area (Å²) in [5, 5.41) is 8.93. The Hall–Kier alpha value is -2.26. The van der Waals surface area contributed by atoms with E-state index in [2.05, 4.69) is 0 Å². The van der Waals surface area contributed by atoms with Gasteiger partial charge in [0.1, 0.15) is 0 Å². The van der Waals surface area contributed by atoms with Crippen molar-refractivity contribution < 1.29 is 41.0 Å². The van der Waals surface area contributed by atoms with E-state index in [1.807, 2.05) is 0 Å². The maximum Gasteiger partial charge on any atom is 0.416 e. The van der Waals surface area contributed by atoms with Gasteiger partial charge in [0.05, 0.1) is 17.4 Å². The second kappa shape index (κ2) is 7.77. The Morgan fingerprint density at radius 1 is 1.11 bits per heavy atom. The first-order valence-corrected chi connectivity index (χ1v) is 8.13. The summed E-state index contributed by atoms with van der Waals surface area (Å²) in [7, 11) is 0. The minimum absolute atomic E-state index is 0.144. The van der Waals surface area contributed by atoms with Crippen molar-refractivity contribution in [2.75, 3.05) is 13.1 Å². The number of carbonyl (C=O) groups is 2. The van der Waals surface area contributed by atoms with Crippen molar-refractivity contribution in [1.82, 2.24) is 4.90 Å². The highest BCUT2D eigenvalue weighted by Crippen LogP contribution is 2.38. The van der Waals surface area contributed by atoms with E-state index >= 15 is 0 Å². The second-order valence-electron chi connectivity index (χ2n) is 6.44. The van der Waals surface area contributed by atoms with E-state index in [1.54, 1.807) is 0 Å². The molecular weight excluding hydrogens is 380 g/mol. The first-order valence-electron chi connectivity index (χ1n) is 8.13. The number of aryl methyl sites for hydroxylation is 1. The zero-order valence-corrected chi connectivity index (χ0v) is 14.0. The van der Waals surface area contributed by atoms with Gasteiger partial charge >= 0.3 is 18.3 Å². The molecule has 0 spiro atoms. The monoisotopic (exact) mass is 397 g/mol. The van der Waals surface area contributed by atoms with Crippen LogP contribution in [0.4, 0.5) is 26.3 Å². The molecule has 2 atom stereocenters. The van der Waals surface area contributed by atoms with Gasteiger partial charge in [0.2, 0.25) is 5.91 Å². The van der Waals surface area contributed by atoms with Crippen LogP contribution in [0.15, 0.2) is 24.3 Å². The van der Waals surface area contributed by atoms with E-state index in [1.165, 1.54) is 12.1 Å². The largest absolute Gasteiger partial charge is 0.481 e. The van der Waals surface area contributed by atoms with E-state index < -0.39 is 54.7 Å². The number of hydrogen-bond donors (Lipinski definition) is 1. The molecule has 150 valence electrons. The third-order valence-corrected chi connectivity index (χ3v) is 4.52. The number of nitrogens with zero attached hydrogens (tertiary/aromatic N) is 1. The number of carboxylic acids is 1. The van der Waals surface area contributed by atoms with Crippen molar-refractivity contribution in [1.29, 1.82) is 0 Å². The van der Waals surface area contributed by atoms with Crippen LogP contribution < -0.4 is 0 Å². The van der Waals surface area contributed by atoms with Crippen molar-refractivity contribution in [3.8, 4) is 0 Å². The lowest BCUT2D eigenvalue weighted by Gasteiger charge is -2.18. The van der Waals surface area contributed by atoms with Crippen molar-refractivity contribution in [3.63, 3.8) is 0 Å². The van der Waals surface area contributed by atoms with Gasteiger partial charge in [0.25, 0.3) is 0 Å². The number of benzene rings is 1. The van der Waals surface area contributed by atoms with E-state index in [-0.39, 0.29) is 19.3 Å². The van der Waals surface area contributed by atoms with Crippen molar-refractivity contribution in [2.45, 2.75) is 31.6 Å². The number of amides is 1. The molecule has 0 unspecified atom stereocenters. The lowest BCUT2D eigenvalue weighted by atomic mass is 9.96. The molecule has 10 heteroatoms. The topological polar surface area (TPSA) is 57.6 Å². The fraction of sp³-hybridized carbons (Fsp3) is 0.529. The quantitative estimate of drug-likeness (QED) is 0.770. The molecule has 1 amide bonds. The zero-order valence-electron chi connectivity index (χ0n) is 14.0. The minimum Gasteiger partial charge on any atom is -0.481 e. The molecule has 0 aromatic heterocycles.